The van der Waals surface area contributed by atoms with Crippen molar-refractivity contribution in [3.05, 3.63) is 28.8 Å². The van der Waals surface area contributed by atoms with Crippen molar-refractivity contribution in [3.8, 4) is 17.2 Å². The SMILES string of the molecule is CC1=C(Cc2ccc(O)c(O)c2O)[C@@]2(C)CCCC(C)(C)C2CC1. The van der Waals surface area contributed by atoms with Gasteiger partial charge in [-0.05, 0) is 61.8 Å². The van der Waals surface area contributed by atoms with E-state index < -0.39 is 5.75 Å². The molecule has 1 aromatic carbocycles. The van der Waals surface area contributed by atoms with Crippen LogP contribution in [-0.2, 0) is 6.42 Å². The smallest absolute Gasteiger partial charge is 0.200 e. The molecule has 0 bridgehead atoms. The molecule has 24 heavy (non-hydrogen) atoms. The van der Waals surface area contributed by atoms with Crippen molar-refractivity contribution >= 4 is 0 Å². The number of hydrogen-bond acceptors (Lipinski definition) is 3. The monoisotopic (exact) mass is 330 g/mol. The largest absolute Gasteiger partial charge is 0.504 e. The summed E-state index contributed by atoms with van der Waals surface area (Å²) in [4.78, 5) is 0. The van der Waals surface area contributed by atoms with Gasteiger partial charge in [-0.2, -0.15) is 0 Å². The molecule has 2 aliphatic rings. The van der Waals surface area contributed by atoms with Gasteiger partial charge in [-0.1, -0.05) is 44.4 Å². The number of benzene rings is 1. The van der Waals surface area contributed by atoms with E-state index in [1.54, 1.807) is 6.07 Å². The number of aromatic hydroxyl groups is 3. The number of allylic oxidation sites excluding steroid dienone is 2. The van der Waals surface area contributed by atoms with Crippen molar-refractivity contribution in [2.24, 2.45) is 16.7 Å². The zero-order valence-electron chi connectivity index (χ0n) is 15.3. The lowest BCUT2D eigenvalue weighted by Crippen LogP contribution is -2.45. The average Bonchev–Trinajstić information content (AvgIpc) is 2.50. The number of phenolic OH excluding ortho intramolecular Hbond substituents is 3. The Morgan fingerprint density at radius 2 is 1.75 bits per heavy atom. The third kappa shape index (κ3) is 2.58. The van der Waals surface area contributed by atoms with Gasteiger partial charge in [0.05, 0.1) is 0 Å². The second kappa shape index (κ2) is 5.72. The van der Waals surface area contributed by atoms with E-state index in [0.29, 0.717) is 23.3 Å². The van der Waals surface area contributed by atoms with Gasteiger partial charge in [0.1, 0.15) is 0 Å². The number of hydrogen-bond donors (Lipinski definition) is 3. The van der Waals surface area contributed by atoms with Gasteiger partial charge in [0.15, 0.2) is 11.5 Å². The maximum Gasteiger partial charge on any atom is 0.200 e. The van der Waals surface area contributed by atoms with Gasteiger partial charge in [0.2, 0.25) is 5.75 Å². The van der Waals surface area contributed by atoms with Crippen molar-refractivity contribution in [1.29, 1.82) is 0 Å². The highest BCUT2D eigenvalue weighted by atomic mass is 16.3. The van der Waals surface area contributed by atoms with Gasteiger partial charge in [0, 0.05) is 5.56 Å². The van der Waals surface area contributed by atoms with Crippen molar-refractivity contribution in [1.82, 2.24) is 0 Å². The van der Waals surface area contributed by atoms with Gasteiger partial charge in [0.25, 0.3) is 0 Å². The molecule has 2 aliphatic carbocycles. The molecular formula is C21H30O3. The first kappa shape index (κ1) is 17.2. The molecule has 0 aliphatic heterocycles. The Labute approximate surface area is 145 Å². The van der Waals surface area contributed by atoms with Crippen LogP contribution in [0.25, 0.3) is 0 Å². The predicted octanol–water partition coefficient (Wildman–Crippen LogP) is 5.29. The fourth-order valence-corrected chi connectivity index (χ4v) is 5.49. The highest BCUT2D eigenvalue weighted by Crippen LogP contribution is 2.60. The quantitative estimate of drug-likeness (QED) is 0.510. The maximum absolute atomic E-state index is 10.2. The van der Waals surface area contributed by atoms with E-state index in [-0.39, 0.29) is 16.9 Å². The summed E-state index contributed by atoms with van der Waals surface area (Å²) in [5.41, 5.74) is 4.05. The summed E-state index contributed by atoms with van der Waals surface area (Å²) in [5, 5.41) is 29.7. The van der Waals surface area contributed by atoms with Crippen LogP contribution in [0, 0.1) is 16.7 Å². The average molecular weight is 330 g/mol. The molecule has 3 nitrogen and oxygen atoms in total. The molecular weight excluding hydrogens is 300 g/mol. The second-order valence-corrected chi connectivity index (χ2v) is 8.73. The molecule has 0 radical (unpaired) electrons. The minimum absolute atomic E-state index is 0.157. The summed E-state index contributed by atoms with van der Waals surface area (Å²) in [7, 11) is 0. The highest BCUT2D eigenvalue weighted by Gasteiger charge is 2.49. The maximum atomic E-state index is 10.2. The van der Waals surface area contributed by atoms with Gasteiger partial charge in [-0.3, -0.25) is 0 Å². The topological polar surface area (TPSA) is 60.7 Å². The van der Waals surface area contributed by atoms with Crippen LogP contribution in [0.3, 0.4) is 0 Å². The Kier molecular flexibility index (Phi) is 4.09. The standard InChI is InChI=1S/C21H30O3/c1-13-6-9-17-20(2,3)10-5-11-21(17,4)15(13)12-14-7-8-16(22)19(24)18(14)23/h7-8,17,22-24H,5-6,9-12H2,1-4H3/t17?,21-/m1/s1. The van der Waals surface area contributed by atoms with Crippen LogP contribution in [0.4, 0.5) is 0 Å². The molecule has 3 heteroatoms. The molecule has 0 heterocycles. The molecule has 1 saturated carbocycles. The number of fused-ring (bicyclic) bond motifs is 1. The first-order chi connectivity index (χ1) is 11.2. The molecule has 0 amide bonds. The molecule has 2 atom stereocenters. The molecule has 1 unspecified atom stereocenters. The van der Waals surface area contributed by atoms with E-state index >= 15 is 0 Å². The molecule has 3 rings (SSSR count). The minimum atomic E-state index is -0.410. The summed E-state index contributed by atoms with van der Waals surface area (Å²) >= 11 is 0. The lowest BCUT2D eigenvalue weighted by Gasteiger charge is -2.55. The van der Waals surface area contributed by atoms with E-state index in [1.807, 2.05) is 0 Å². The first-order valence-electron chi connectivity index (χ1n) is 9.08. The van der Waals surface area contributed by atoms with Crippen LogP contribution in [0.1, 0.15) is 65.4 Å². The van der Waals surface area contributed by atoms with Gasteiger partial charge >= 0.3 is 0 Å². The number of phenols is 3. The van der Waals surface area contributed by atoms with Gasteiger partial charge in [-0.15, -0.1) is 0 Å². The van der Waals surface area contributed by atoms with E-state index in [9.17, 15) is 15.3 Å². The Balaban J connectivity index is 2.01. The Bertz CT molecular complexity index is 687. The van der Waals surface area contributed by atoms with E-state index in [1.165, 1.54) is 42.9 Å². The fourth-order valence-electron chi connectivity index (χ4n) is 5.49. The first-order valence-corrected chi connectivity index (χ1v) is 9.08. The van der Waals surface area contributed by atoms with Crippen molar-refractivity contribution in [3.63, 3.8) is 0 Å². The van der Waals surface area contributed by atoms with E-state index in [2.05, 4.69) is 27.7 Å². The Hall–Kier alpha value is -1.64. The number of rotatable bonds is 2. The van der Waals surface area contributed by atoms with Gasteiger partial charge < -0.3 is 15.3 Å². The zero-order valence-corrected chi connectivity index (χ0v) is 15.3. The molecule has 1 aromatic rings. The summed E-state index contributed by atoms with van der Waals surface area (Å²) in [6.07, 6.45) is 6.72. The van der Waals surface area contributed by atoms with Crippen LogP contribution in [-0.4, -0.2) is 15.3 Å². The fraction of sp³-hybridized carbons (Fsp3) is 0.619. The van der Waals surface area contributed by atoms with Crippen LogP contribution in [0.5, 0.6) is 17.2 Å². The van der Waals surface area contributed by atoms with Crippen LogP contribution < -0.4 is 0 Å². The zero-order chi connectivity index (χ0) is 17.7. The molecule has 0 saturated heterocycles. The molecule has 0 spiro atoms. The van der Waals surface area contributed by atoms with Crippen molar-refractivity contribution in [2.75, 3.05) is 0 Å². The second-order valence-electron chi connectivity index (χ2n) is 8.73. The molecule has 132 valence electrons. The van der Waals surface area contributed by atoms with Crippen LogP contribution >= 0.6 is 0 Å². The van der Waals surface area contributed by atoms with Gasteiger partial charge in [-0.25, -0.2) is 0 Å². The minimum Gasteiger partial charge on any atom is -0.504 e. The lowest BCUT2D eigenvalue weighted by molar-refractivity contribution is 0.0112. The molecule has 1 fully saturated rings. The summed E-state index contributed by atoms with van der Waals surface area (Å²) in [5.74, 6) is -0.206. The Morgan fingerprint density at radius 3 is 2.46 bits per heavy atom. The van der Waals surface area contributed by atoms with Crippen molar-refractivity contribution in [2.45, 2.75) is 66.2 Å². The highest BCUT2D eigenvalue weighted by molar-refractivity contribution is 5.54. The summed E-state index contributed by atoms with van der Waals surface area (Å²) in [6, 6.07) is 3.19. The lowest BCUT2D eigenvalue weighted by atomic mass is 9.50. The Morgan fingerprint density at radius 1 is 1.04 bits per heavy atom. The summed E-state index contributed by atoms with van der Waals surface area (Å²) < 4.78 is 0. The van der Waals surface area contributed by atoms with Crippen molar-refractivity contribution < 1.29 is 15.3 Å². The normalized spacial score (nSPS) is 29.4. The van der Waals surface area contributed by atoms with E-state index in [4.69, 9.17) is 0 Å². The third-order valence-corrected chi connectivity index (χ3v) is 6.82. The molecule has 3 N–H and O–H groups in total. The van der Waals surface area contributed by atoms with E-state index in [0.717, 1.165) is 6.42 Å². The third-order valence-electron chi connectivity index (χ3n) is 6.82. The molecule has 0 aromatic heterocycles. The van der Waals surface area contributed by atoms with Crippen LogP contribution in [0.2, 0.25) is 0 Å². The summed E-state index contributed by atoms with van der Waals surface area (Å²) in [6.45, 7) is 9.41. The van der Waals surface area contributed by atoms with Crippen LogP contribution in [0.15, 0.2) is 23.3 Å². The predicted molar refractivity (Wildman–Crippen MR) is 96.3 cm³/mol.